The van der Waals surface area contributed by atoms with Crippen molar-refractivity contribution >= 4 is 16.5 Å². The van der Waals surface area contributed by atoms with Gasteiger partial charge in [-0.25, -0.2) is 0 Å². The van der Waals surface area contributed by atoms with Crippen molar-refractivity contribution in [3.05, 3.63) is 5.51 Å². The fourth-order valence-electron chi connectivity index (χ4n) is 1.14. The fourth-order valence-corrected chi connectivity index (χ4v) is 1.59. The van der Waals surface area contributed by atoms with Gasteiger partial charge in [0.25, 0.3) is 0 Å². The average Bonchev–Trinajstić information content (AvgIpc) is 2.52. The lowest BCUT2D eigenvalue weighted by Gasteiger charge is -2.22. The predicted molar refractivity (Wildman–Crippen MR) is 53.9 cm³/mol. The Morgan fingerprint density at radius 2 is 2.46 bits per heavy atom. The maximum Gasteiger partial charge on any atom is 0.205 e. The van der Waals surface area contributed by atoms with Gasteiger partial charge in [-0.3, -0.25) is 0 Å². The highest BCUT2D eigenvalue weighted by Crippen LogP contribution is 2.14. The molecule has 0 aliphatic carbocycles. The standard InChI is InChI=1S/C8H15N3OS/c1-3-4-8(2,12)5-9-7-11-10-6-13-7/h6,12H,3-5H2,1-2H3,(H,9,11). The van der Waals surface area contributed by atoms with Crippen molar-refractivity contribution in [1.82, 2.24) is 10.2 Å². The maximum atomic E-state index is 9.81. The van der Waals surface area contributed by atoms with Crippen LogP contribution < -0.4 is 5.32 Å². The summed E-state index contributed by atoms with van der Waals surface area (Å²) in [5.74, 6) is 0. The largest absolute Gasteiger partial charge is 0.388 e. The summed E-state index contributed by atoms with van der Waals surface area (Å²) in [4.78, 5) is 0. The minimum Gasteiger partial charge on any atom is -0.388 e. The topological polar surface area (TPSA) is 58.0 Å². The Kier molecular flexibility index (Phi) is 3.62. The SMILES string of the molecule is CCCC(C)(O)CNc1nncs1. The Balaban J connectivity index is 2.33. The van der Waals surface area contributed by atoms with Crippen LogP contribution in [0.3, 0.4) is 0 Å². The third kappa shape index (κ3) is 3.69. The van der Waals surface area contributed by atoms with Crippen molar-refractivity contribution in [2.45, 2.75) is 32.3 Å². The molecule has 0 saturated carbocycles. The third-order valence-electron chi connectivity index (χ3n) is 1.77. The number of aliphatic hydroxyl groups is 1. The van der Waals surface area contributed by atoms with E-state index in [4.69, 9.17) is 0 Å². The van der Waals surface area contributed by atoms with Crippen molar-refractivity contribution in [3.63, 3.8) is 0 Å². The zero-order valence-corrected chi connectivity index (χ0v) is 8.77. The number of anilines is 1. The molecule has 13 heavy (non-hydrogen) atoms. The predicted octanol–water partition coefficient (Wildman–Crippen LogP) is 1.50. The number of hydrogen-bond donors (Lipinski definition) is 2. The molecule has 0 aliphatic rings. The summed E-state index contributed by atoms with van der Waals surface area (Å²) in [5.41, 5.74) is 1.01. The van der Waals surface area contributed by atoms with Crippen molar-refractivity contribution in [2.24, 2.45) is 0 Å². The van der Waals surface area contributed by atoms with Gasteiger partial charge in [0, 0.05) is 6.54 Å². The molecular formula is C8H15N3OS. The quantitative estimate of drug-likeness (QED) is 0.758. The van der Waals surface area contributed by atoms with Crippen LogP contribution in [0.5, 0.6) is 0 Å². The van der Waals surface area contributed by atoms with Crippen molar-refractivity contribution in [1.29, 1.82) is 0 Å². The van der Waals surface area contributed by atoms with Crippen LogP contribution in [0.1, 0.15) is 26.7 Å². The van der Waals surface area contributed by atoms with Gasteiger partial charge >= 0.3 is 0 Å². The van der Waals surface area contributed by atoms with Gasteiger partial charge in [-0.15, -0.1) is 10.2 Å². The van der Waals surface area contributed by atoms with Crippen LogP contribution in [0.2, 0.25) is 0 Å². The molecule has 74 valence electrons. The summed E-state index contributed by atoms with van der Waals surface area (Å²) in [5, 5.41) is 21.1. The first-order valence-electron chi connectivity index (χ1n) is 4.36. The van der Waals surface area contributed by atoms with Crippen LogP contribution in [0, 0.1) is 0 Å². The van der Waals surface area contributed by atoms with Crippen LogP contribution >= 0.6 is 11.3 Å². The van der Waals surface area contributed by atoms with E-state index >= 15 is 0 Å². The second kappa shape index (κ2) is 4.53. The minimum absolute atomic E-state index is 0.524. The smallest absolute Gasteiger partial charge is 0.205 e. The van der Waals surface area contributed by atoms with Crippen LogP contribution in [0.15, 0.2) is 5.51 Å². The molecule has 0 aromatic carbocycles. The first-order valence-corrected chi connectivity index (χ1v) is 5.24. The molecule has 2 N–H and O–H groups in total. The van der Waals surface area contributed by atoms with Gasteiger partial charge in [0.05, 0.1) is 5.60 Å². The Hall–Kier alpha value is -0.680. The van der Waals surface area contributed by atoms with Gasteiger partial charge in [0.1, 0.15) is 5.51 Å². The monoisotopic (exact) mass is 201 g/mol. The van der Waals surface area contributed by atoms with Gasteiger partial charge in [-0.2, -0.15) is 0 Å². The molecule has 1 atom stereocenters. The zero-order valence-electron chi connectivity index (χ0n) is 7.95. The number of rotatable bonds is 5. The molecule has 0 radical (unpaired) electrons. The third-order valence-corrected chi connectivity index (χ3v) is 2.42. The molecule has 4 nitrogen and oxygen atoms in total. The maximum absolute atomic E-state index is 9.81. The van der Waals surface area contributed by atoms with E-state index in [0.717, 1.165) is 18.0 Å². The Labute approximate surface area is 82.0 Å². The number of nitrogens with zero attached hydrogens (tertiary/aromatic N) is 2. The minimum atomic E-state index is -0.652. The molecule has 1 aromatic rings. The molecular weight excluding hydrogens is 186 g/mol. The molecule has 1 rings (SSSR count). The van der Waals surface area contributed by atoms with Gasteiger partial charge in [-0.1, -0.05) is 24.7 Å². The number of aromatic nitrogens is 2. The molecule has 1 unspecified atom stereocenters. The second-order valence-electron chi connectivity index (χ2n) is 3.34. The lowest BCUT2D eigenvalue weighted by molar-refractivity contribution is 0.0637. The average molecular weight is 201 g/mol. The van der Waals surface area contributed by atoms with E-state index < -0.39 is 5.60 Å². The fraction of sp³-hybridized carbons (Fsp3) is 0.750. The van der Waals surface area contributed by atoms with Crippen LogP contribution in [0.25, 0.3) is 0 Å². The normalized spacial score (nSPS) is 15.3. The molecule has 0 aliphatic heterocycles. The van der Waals surface area contributed by atoms with E-state index in [9.17, 15) is 5.11 Å². The van der Waals surface area contributed by atoms with Gasteiger partial charge in [0.15, 0.2) is 0 Å². The van der Waals surface area contributed by atoms with Gasteiger partial charge in [-0.05, 0) is 13.3 Å². The Morgan fingerprint density at radius 3 is 3.00 bits per heavy atom. The van der Waals surface area contributed by atoms with Crippen LogP contribution in [0.4, 0.5) is 5.13 Å². The number of nitrogens with one attached hydrogen (secondary N) is 1. The Morgan fingerprint density at radius 1 is 1.69 bits per heavy atom. The van der Waals surface area contributed by atoms with E-state index in [2.05, 4.69) is 22.4 Å². The van der Waals surface area contributed by atoms with E-state index in [0.29, 0.717) is 6.54 Å². The highest BCUT2D eigenvalue weighted by atomic mass is 32.1. The lowest BCUT2D eigenvalue weighted by atomic mass is 10.0. The lowest BCUT2D eigenvalue weighted by Crippen LogP contribution is -2.33. The summed E-state index contributed by atoms with van der Waals surface area (Å²) >= 11 is 1.44. The summed E-state index contributed by atoms with van der Waals surface area (Å²) in [6, 6.07) is 0. The van der Waals surface area contributed by atoms with Crippen molar-refractivity contribution in [2.75, 3.05) is 11.9 Å². The molecule has 0 amide bonds. The van der Waals surface area contributed by atoms with Crippen LogP contribution in [-0.2, 0) is 0 Å². The summed E-state index contributed by atoms with van der Waals surface area (Å²) < 4.78 is 0. The number of hydrogen-bond acceptors (Lipinski definition) is 5. The summed E-state index contributed by atoms with van der Waals surface area (Å²) in [6.45, 7) is 4.40. The summed E-state index contributed by atoms with van der Waals surface area (Å²) in [7, 11) is 0. The first kappa shape index (κ1) is 10.4. The van der Waals surface area contributed by atoms with E-state index in [1.54, 1.807) is 5.51 Å². The van der Waals surface area contributed by atoms with Crippen LogP contribution in [-0.4, -0.2) is 27.4 Å². The molecule has 0 spiro atoms. The highest BCUT2D eigenvalue weighted by molar-refractivity contribution is 7.13. The highest BCUT2D eigenvalue weighted by Gasteiger charge is 2.18. The molecule has 1 aromatic heterocycles. The molecule has 0 bridgehead atoms. The van der Waals surface area contributed by atoms with Crippen molar-refractivity contribution < 1.29 is 5.11 Å². The molecule has 0 saturated heterocycles. The second-order valence-corrected chi connectivity index (χ2v) is 4.18. The Bertz CT molecular complexity index is 236. The molecule has 5 heteroatoms. The van der Waals surface area contributed by atoms with Gasteiger partial charge in [0.2, 0.25) is 5.13 Å². The molecule has 1 heterocycles. The first-order chi connectivity index (χ1) is 6.14. The van der Waals surface area contributed by atoms with E-state index in [1.165, 1.54) is 11.3 Å². The molecule has 0 fully saturated rings. The summed E-state index contributed by atoms with van der Waals surface area (Å²) in [6.07, 6.45) is 1.77. The van der Waals surface area contributed by atoms with Gasteiger partial charge < -0.3 is 10.4 Å². The van der Waals surface area contributed by atoms with E-state index in [1.807, 2.05) is 6.92 Å². The van der Waals surface area contributed by atoms with Crippen molar-refractivity contribution in [3.8, 4) is 0 Å². The van der Waals surface area contributed by atoms with E-state index in [-0.39, 0.29) is 0 Å². The zero-order chi connectivity index (χ0) is 9.73.